The second-order valence-electron chi connectivity index (χ2n) is 6.03. The zero-order valence-electron chi connectivity index (χ0n) is 16.1. The van der Waals surface area contributed by atoms with Gasteiger partial charge in [-0.3, -0.25) is 60.7 Å². The minimum absolute atomic E-state index is 2.56. The molecule has 0 rings (SSSR count). The Morgan fingerprint density at radius 2 is 0.778 bits per heavy atom. The van der Waals surface area contributed by atoms with Crippen LogP contribution in [0.4, 0.5) is 31.1 Å². The van der Waals surface area contributed by atoms with Crippen LogP contribution in [0.1, 0.15) is 12.8 Å². The molecule has 0 spiro atoms. The Bertz CT molecular complexity index is 876. The third kappa shape index (κ3) is 6.22. The zero-order chi connectivity index (χ0) is 29.0. The van der Waals surface area contributed by atoms with Crippen molar-refractivity contribution in [3.8, 4) is 0 Å². The number of ether oxygens (including phenoxy) is 2. The fraction of sp³-hybridized carbons (Fsp3) is 0.889. The van der Waals surface area contributed by atoms with E-state index in [9.17, 15) is 91.8 Å². The van der Waals surface area contributed by atoms with E-state index < -0.39 is 84.7 Å². The molecular formula is C9H6F6N6O15. The molecule has 0 N–H and O–H groups in total. The average Bonchev–Trinajstić information content (AvgIpc) is 2.71. The molecule has 27 heteroatoms. The van der Waals surface area contributed by atoms with Gasteiger partial charge in [0.1, 0.15) is 19.7 Å². The molecule has 0 saturated carbocycles. The molecule has 0 saturated heterocycles. The lowest BCUT2D eigenvalue weighted by molar-refractivity contribution is -0.835. The summed E-state index contributed by atoms with van der Waals surface area (Å²) in [5.41, 5.74) is 0. The summed E-state index contributed by atoms with van der Waals surface area (Å²) in [7, 11) is 0. The number of nitrogens with zero attached hydrogens (tertiary/aromatic N) is 6. The van der Waals surface area contributed by atoms with Crippen molar-refractivity contribution >= 4 is 6.16 Å². The lowest BCUT2D eigenvalue weighted by Crippen LogP contribution is -2.54. The Morgan fingerprint density at radius 3 is 0.944 bits per heavy atom. The van der Waals surface area contributed by atoms with Crippen molar-refractivity contribution in [1.82, 2.24) is 0 Å². The fourth-order valence-electron chi connectivity index (χ4n) is 1.87. The van der Waals surface area contributed by atoms with Crippen molar-refractivity contribution < 1.29 is 70.2 Å². The SMILES string of the molecule is O=C(OC(CC(F)([N+](=O)[O-])[N+](=O)[O-])C(F)(F)[N+](=O)[O-])OC(CC(F)([N+](=O)[O-])[N+](=O)[O-])C(F)(F)[N+](=O)[O-]. The van der Waals surface area contributed by atoms with E-state index in [0.29, 0.717) is 0 Å². The number of hydrogen-bond acceptors (Lipinski definition) is 15. The van der Waals surface area contributed by atoms with E-state index in [1.54, 1.807) is 0 Å². The highest BCUT2D eigenvalue weighted by Crippen LogP contribution is 2.34. The van der Waals surface area contributed by atoms with E-state index >= 15 is 0 Å². The monoisotopic (exact) mass is 552 g/mol. The third-order valence-electron chi connectivity index (χ3n) is 3.75. The topological polar surface area (TPSA) is 294 Å². The van der Waals surface area contributed by atoms with E-state index in [-0.39, 0.29) is 0 Å². The van der Waals surface area contributed by atoms with Gasteiger partial charge < -0.3 is 9.47 Å². The molecule has 0 bridgehead atoms. The molecule has 0 amide bonds. The van der Waals surface area contributed by atoms with Gasteiger partial charge in [0.25, 0.3) is 12.2 Å². The van der Waals surface area contributed by atoms with Gasteiger partial charge in [-0.25, -0.2) is 4.79 Å². The van der Waals surface area contributed by atoms with Crippen LogP contribution in [0.2, 0.25) is 0 Å². The van der Waals surface area contributed by atoms with Crippen LogP contribution >= 0.6 is 0 Å². The van der Waals surface area contributed by atoms with Crippen molar-refractivity contribution in [2.24, 2.45) is 0 Å². The predicted molar refractivity (Wildman–Crippen MR) is 83.9 cm³/mol. The molecule has 36 heavy (non-hydrogen) atoms. The first kappa shape index (κ1) is 31.2. The summed E-state index contributed by atoms with van der Waals surface area (Å²) in [4.78, 5) is 58.7. The van der Waals surface area contributed by atoms with Gasteiger partial charge in [0.15, 0.2) is 12.8 Å². The molecular weight excluding hydrogens is 546 g/mol. The van der Waals surface area contributed by atoms with Crippen LogP contribution in [0.25, 0.3) is 0 Å². The van der Waals surface area contributed by atoms with Crippen LogP contribution in [-0.2, 0) is 9.47 Å². The van der Waals surface area contributed by atoms with Crippen LogP contribution in [0.3, 0.4) is 0 Å². The second-order valence-corrected chi connectivity index (χ2v) is 6.03. The first-order chi connectivity index (χ1) is 16.0. The summed E-state index contributed by atoms with van der Waals surface area (Å²) in [6.45, 7) is 0. The van der Waals surface area contributed by atoms with Gasteiger partial charge in [0.05, 0.1) is 9.85 Å². The van der Waals surface area contributed by atoms with E-state index in [1.165, 1.54) is 0 Å². The molecule has 0 aliphatic heterocycles. The summed E-state index contributed by atoms with van der Waals surface area (Å²) in [5.74, 6) is -10.6. The minimum Gasteiger partial charge on any atom is -0.416 e. The van der Waals surface area contributed by atoms with Crippen LogP contribution in [-0.4, -0.2) is 71.8 Å². The molecule has 21 nitrogen and oxygen atoms in total. The van der Waals surface area contributed by atoms with Crippen LogP contribution < -0.4 is 0 Å². The number of alkyl halides is 6. The maximum Gasteiger partial charge on any atom is 0.618 e. The molecule has 0 aliphatic carbocycles. The van der Waals surface area contributed by atoms with Gasteiger partial charge in [-0.1, -0.05) is 8.78 Å². The lowest BCUT2D eigenvalue weighted by Gasteiger charge is -2.23. The van der Waals surface area contributed by atoms with E-state index in [4.69, 9.17) is 0 Å². The Kier molecular flexibility index (Phi) is 8.90. The molecule has 0 radical (unpaired) electrons. The van der Waals surface area contributed by atoms with Crippen molar-refractivity contribution in [2.45, 2.75) is 49.0 Å². The molecule has 0 aromatic heterocycles. The molecule has 0 fully saturated rings. The maximum absolute atomic E-state index is 13.9. The van der Waals surface area contributed by atoms with Crippen molar-refractivity contribution in [2.75, 3.05) is 0 Å². The molecule has 0 aromatic rings. The Morgan fingerprint density at radius 1 is 0.556 bits per heavy atom. The van der Waals surface area contributed by atoms with Crippen molar-refractivity contribution in [3.05, 3.63) is 60.7 Å². The van der Waals surface area contributed by atoms with E-state index in [2.05, 4.69) is 9.47 Å². The largest absolute Gasteiger partial charge is 0.618 e. The number of carbonyl (C=O) groups excluding carboxylic acids is 1. The van der Waals surface area contributed by atoms with Crippen molar-refractivity contribution in [3.63, 3.8) is 0 Å². The second kappa shape index (κ2) is 10.2. The Labute approximate surface area is 187 Å². The normalized spacial score (nSPS) is 14.2. The molecule has 2 unspecified atom stereocenters. The van der Waals surface area contributed by atoms with Gasteiger partial charge >= 0.3 is 30.1 Å². The summed E-state index contributed by atoms with van der Waals surface area (Å²) >= 11 is 0. The number of halogens is 6. The van der Waals surface area contributed by atoms with E-state index in [1.807, 2.05) is 0 Å². The standard InChI is InChI=1S/C9H6F6N6O15/c10-6(16(23)24,17(25)26)1-3(8(12,13)20(31)32)35-5(22)36-4(9(14,15)21(33)34)2-7(11,18(27)28)19(29)30/h3-4H,1-2H2. The van der Waals surface area contributed by atoms with Gasteiger partial charge in [0, 0.05) is 0 Å². The van der Waals surface area contributed by atoms with Crippen molar-refractivity contribution in [1.29, 1.82) is 0 Å². The lowest BCUT2D eigenvalue weighted by atomic mass is 10.1. The molecule has 2 atom stereocenters. The summed E-state index contributed by atoms with van der Waals surface area (Å²) < 4.78 is 89.1. The highest BCUT2D eigenvalue weighted by molar-refractivity contribution is 5.60. The maximum atomic E-state index is 13.9. The van der Waals surface area contributed by atoms with Crippen LogP contribution in [0, 0.1) is 60.7 Å². The number of hydrogen-bond donors (Lipinski definition) is 0. The molecule has 0 aromatic carbocycles. The molecule has 0 aliphatic rings. The zero-order valence-corrected chi connectivity index (χ0v) is 16.1. The Balaban J connectivity index is 6.41. The van der Waals surface area contributed by atoms with Gasteiger partial charge in [-0.05, 0) is 0 Å². The van der Waals surface area contributed by atoms with Crippen LogP contribution in [0.5, 0.6) is 0 Å². The third-order valence-corrected chi connectivity index (χ3v) is 3.75. The fourth-order valence-corrected chi connectivity index (χ4v) is 1.87. The first-order valence-electron chi connectivity index (χ1n) is 7.85. The minimum atomic E-state index is -5.91. The number of nitro groups is 6. The van der Waals surface area contributed by atoms with E-state index in [0.717, 1.165) is 0 Å². The predicted octanol–water partition coefficient (Wildman–Crippen LogP) is 0.749. The summed E-state index contributed by atoms with van der Waals surface area (Å²) in [5, 5.41) is 62.9. The van der Waals surface area contributed by atoms with Gasteiger partial charge in [-0.2, -0.15) is 0 Å². The van der Waals surface area contributed by atoms with Gasteiger partial charge in [0.2, 0.25) is 0 Å². The Hall–Kier alpha value is -4.75. The summed E-state index contributed by atoms with van der Waals surface area (Å²) in [6.07, 6.45) is -17.9. The quantitative estimate of drug-likeness (QED) is 0.0717. The molecule has 0 heterocycles. The average molecular weight is 552 g/mol. The van der Waals surface area contributed by atoms with Gasteiger partial charge in [-0.15, -0.1) is 17.6 Å². The number of carbonyl (C=O) groups is 1. The first-order valence-corrected chi connectivity index (χ1v) is 7.85. The summed E-state index contributed by atoms with van der Waals surface area (Å²) in [6, 6.07) is -11.8. The highest BCUT2D eigenvalue weighted by Gasteiger charge is 2.70. The smallest absolute Gasteiger partial charge is 0.416 e. The highest BCUT2D eigenvalue weighted by atomic mass is 19.3. The van der Waals surface area contributed by atoms with Crippen LogP contribution in [0.15, 0.2) is 0 Å². The number of rotatable bonds is 14. The molecule has 204 valence electrons.